The molecule has 0 heterocycles. The van der Waals surface area contributed by atoms with Crippen LogP contribution in [0.25, 0.3) is 0 Å². The molecule has 3 nitrogen and oxygen atoms in total. The van der Waals surface area contributed by atoms with E-state index in [-0.39, 0.29) is 11.5 Å². The summed E-state index contributed by atoms with van der Waals surface area (Å²) < 4.78 is 0. The Balaban J connectivity index is 2.05. The number of rotatable bonds is 5. The summed E-state index contributed by atoms with van der Waals surface area (Å²) in [5.74, 6) is -0.142. The SMILES string of the molecule is Cc1cccc(C(=O)C(N)=CNCc2ccccc2)c1C. The molecule has 0 spiro atoms. The van der Waals surface area contributed by atoms with Crippen molar-refractivity contribution in [3.63, 3.8) is 0 Å². The van der Waals surface area contributed by atoms with E-state index in [0.717, 1.165) is 16.7 Å². The molecule has 0 radical (unpaired) electrons. The van der Waals surface area contributed by atoms with Gasteiger partial charge in [-0.1, -0.05) is 48.5 Å². The Morgan fingerprint density at radius 2 is 1.81 bits per heavy atom. The van der Waals surface area contributed by atoms with Gasteiger partial charge in [-0.2, -0.15) is 0 Å². The number of carbonyl (C=O) groups is 1. The smallest absolute Gasteiger partial charge is 0.210 e. The molecule has 21 heavy (non-hydrogen) atoms. The number of carbonyl (C=O) groups excluding carboxylic acids is 1. The fourth-order valence-electron chi connectivity index (χ4n) is 2.09. The summed E-state index contributed by atoms with van der Waals surface area (Å²) in [6.45, 7) is 4.56. The van der Waals surface area contributed by atoms with Crippen molar-refractivity contribution in [3.05, 3.63) is 82.7 Å². The molecule has 3 N–H and O–H groups in total. The van der Waals surface area contributed by atoms with Crippen LogP contribution in [0.4, 0.5) is 0 Å². The highest BCUT2D eigenvalue weighted by molar-refractivity contribution is 6.09. The third kappa shape index (κ3) is 3.72. The summed E-state index contributed by atoms with van der Waals surface area (Å²) in [6, 6.07) is 15.6. The number of nitrogens with one attached hydrogen (secondary N) is 1. The lowest BCUT2D eigenvalue weighted by molar-refractivity contribution is 0.103. The van der Waals surface area contributed by atoms with Crippen LogP contribution in [-0.4, -0.2) is 5.78 Å². The molecular weight excluding hydrogens is 260 g/mol. The molecule has 3 heteroatoms. The second-order valence-electron chi connectivity index (χ2n) is 5.04. The maximum atomic E-state index is 12.3. The van der Waals surface area contributed by atoms with Crippen LogP contribution >= 0.6 is 0 Å². The molecule has 108 valence electrons. The van der Waals surface area contributed by atoms with E-state index in [1.165, 1.54) is 0 Å². The van der Waals surface area contributed by atoms with Gasteiger partial charge in [0.2, 0.25) is 5.78 Å². The minimum absolute atomic E-state index is 0.142. The minimum Gasteiger partial charge on any atom is -0.394 e. The van der Waals surface area contributed by atoms with Gasteiger partial charge in [0.1, 0.15) is 0 Å². The van der Waals surface area contributed by atoms with Crippen LogP contribution in [0.1, 0.15) is 27.0 Å². The first-order valence-electron chi connectivity index (χ1n) is 6.93. The molecule has 2 rings (SSSR count). The van der Waals surface area contributed by atoms with Crippen LogP contribution in [0, 0.1) is 13.8 Å². The predicted octanol–water partition coefficient (Wildman–Crippen LogP) is 3.08. The van der Waals surface area contributed by atoms with E-state index in [9.17, 15) is 4.79 Å². The van der Waals surface area contributed by atoms with Crippen molar-refractivity contribution in [2.45, 2.75) is 20.4 Å². The van der Waals surface area contributed by atoms with E-state index in [4.69, 9.17) is 5.73 Å². The summed E-state index contributed by atoms with van der Waals surface area (Å²) in [5, 5.41) is 3.08. The average molecular weight is 280 g/mol. The topological polar surface area (TPSA) is 55.1 Å². The van der Waals surface area contributed by atoms with Crippen LogP contribution in [0.2, 0.25) is 0 Å². The molecular formula is C18H20N2O. The first-order valence-corrected chi connectivity index (χ1v) is 6.93. The highest BCUT2D eigenvalue weighted by Crippen LogP contribution is 2.15. The number of benzene rings is 2. The highest BCUT2D eigenvalue weighted by Gasteiger charge is 2.12. The number of allylic oxidation sites excluding steroid dienone is 1. The van der Waals surface area contributed by atoms with Gasteiger partial charge in [0.05, 0.1) is 5.70 Å². The lowest BCUT2D eigenvalue weighted by Gasteiger charge is -2.08. The standard InChI is InChI=1S/C18H20N2O/c1-13-7-6-10-16(14(13)2)18(21)17(19)12-20-11-15-8-4-3-5-9-15/h3-10,12,20H,11,19H2,1-2H3. The highest BCUT2D eigenvalue weighted by atomic mass is 16.1. The molecule has 0 aliphatic carbocycles. The Labute approximate surface area is 125 Å². The lowest BCUT2D eigenvalue weighted by Crippen LogP contribution is -2.17. The Morgan fingerprint density at radius 1 is 1.10 bits per heavy atom. The molecule has 0 aliphatic rings. The Bertz CT molecular complexity index is 660. The van der Waals surface area contributed by atoms with Crippen molar-refractivity contribution in [3.8, 4) is 0 Å². The molecule has 0 saturated carbocycles. The maximum absolute atomic E-state index is 12.3. The molecule has 0 bridgehead atoms. The number of hydrogen-bond donors (Lipinski definition) is 2. The second-order valence-corrected chi connectivity index (χ2v) is 5.04. The van der Waals surface area contributed by atoms with Gasteiger partial charge < -0.3 is 11.1 Å². The van der Waals surface area contributed by atoms with E-state index >= 15 is 0 Å². The van der Waals surface area contributed by atoms with Crippen molar-refractivity contribution in [1.29, 1.82) is 0 Å². The van der Waals surface area contributed by atoms with Crippen molar-refractivity contribution in [1.82, 2.24) is 5.32 Å². The maximum Gasteiger partial charge on any atom is 0.210 e. The molecule has 0 fully saturated rings. The van der Waals surface area contributed by atoms with Gasteiger partial charge in [-0.3, -0.25) is 4.79 Å². The number of Topliss-reactive ketones (excluding diaryl/α,β-unsaturated/α-hetero) is 1. The van der Waals surface area contributed by atoms with Crippen molar-refractivity contribution >= 4 is 5.78 Å². The Hall–Kier alpha value is -2.55. The zero-order valence-corrected chi connectivity index (χ0v) is 12.4. The van der Waals surface area contributed by atoms with Crippen molar-refractivity contribution in [2.24, 2.45) is 5.73 Å². The van der Waals surface area contributed by atoms with E-state index in [1.807, 2.05) is 62.4 Å². The van der Waals surface area contributed by atoms with Gasteiger partial charge >= 0.3 is 0 Å². The van der Waals surface area contributed by atoms with Crippen LogP contribution in [0.3, 0.4) is 0 Å². The monoisotopic (exact) mass is 280 g/mol. The molecule has 0 amide bonds. The fraction of sp³-hybridized carbons (Fsp3) is 0.167. The Morgan fingerprint density at radius 3 is 2.52 bits per heavy atom. The van der Waals surface area contributed by atoms with Crippen LogP contribution < -0.4 is 11.1 Å². The second kappa shape index (κ2) is 6.75. The molecule has 0 saturated heterocycles. The minimum atomic E-state index is -0.142. The fourth-order valence-corrected chi connectivity index (χ4v) is 2.09. The van der Waals surface area contributed by atoms with E-state index in [1.54, 1.807) is 6.20 Å². The van der Waals surface area contributed by atoms with E-state index < -0.39 is 0 Å². The van der Waals surface area contributed by atoms with Crippen molar-refractivity contribution < 1.29 is 4.79 Å². The third-order valence-corrected chi connectivity index (χ3v) is 3.52. The number of ketones is 1. The largest absolute Gasteiger partial charge is 0.394 e. The molecule has 0 atom stereocenters. The quantitative estimate of drug-likeness (QED) is 0.653. The van der Waals surface area contributed by atoms with Gasteiger partial charge in [-0.25, -0.2) is 0 Å². The van der Waals surface area contributed by atoms with Crippen LogP contribution in [0.15, 0.2) is 60.4 Å². The van der Waals surface area contributed by atoms with Gasteiger partial charge in [0.15, 0.2) is 0 Å². The number of aryl methyl sites for hydroxylation is 1. The van der Waals surface area contributed by atoms with Gasteiger partial charge in [0, 0.05) is 18.3 Å². The van der Waals surface area contributed by atoms with Crippen LogP contribution in [0.5, 0.6) is 0 Å². The zero-order valence-electron chi connectivity index (χ0n) is 12.4. The predicted molar refractivity (Wildman–Crippen MR) is 85.8 cm³/mol. The first-order chi connectivity index (χ1) is 10.1. The van der Waals surface area contributed by atoms with Gasteiger partial charge in [0.25, 0.3) is 0 Å². The van der Waals surface area contributed by atoms with E-state index in [2.05, 4.69) is 5.32 Å². The summed E-state index contributed by atoms with van der Waals surface area (Å²) in [4.78, 5) is 12.3. The number of hydrogen-bond acceptors (Lipinski definition) is 3. The molecule has 2 aromatic rings. The molecule has 0 unspecified atom stereocenters. The molecule has 0 aliphatic heterocycles. The Kier molecular flexibility index (Phi) is 4.77. The average Bonchev–Trinajstić information content (AvgIpc) is 2.50. The summed E-state index contributed by atoms with van der Waals surface area (Å²) in [7, 11) is 0. The van der Waals surface area contributed by atoms with E-state index in [0.29, 0.717) is 12.1 Å². The van der Waals surface area contributed by atoms with Crippen molar-refractivity contribution in [2.75, 3.05) is 0 Å². The molecule has 2 aromatic carbocycles. The van der Waals surface area contributed by atoms with Gasteiger partial charge in [-0.05, 0) is 30.5 Å². The summed E-state index contributed by atoms with van der Waals surface area (Å²) >= 11 is 0. The van der Waals surface area contributed by atoms with Gasteiger partial charge in [-0.15, -0.1) is 0 Å². The van der Waals surface area contributed by atoms with Crippen LogP contribution in [-0.2, 0) is 6.54 Å². The third-order valence-electron chi connectivity index (χ3n) is 3.52. The first kappa shape index (κ1) is 14.9. The lowest BCUT2D eigenvalue weighted by atomic mass is 9.99. The molecule has 0 aromatic heterocycles. The summed E-state index contributed by atoms with van der Waals surface area (Å²) in [6.07, 6.45) is 1.58. The normalized spacial score (nSPS) is 11.2. The summed E-state index contributed by atoms with van der Waals surface area (Å²) in [5.41, 5.74) is 9.96. The zero-order chi connectivity index (χ0) is 15.2. The number of nitrogens with two attached hydrogens (primary N) is 1.